The van der Waals surface area contributed by atoms with Crippen molar-refractivity contribution < 1.29 is 4.79 Å². The molecule has 1 aliphatic carbocycles. The SMILES string of the molecule is CCC1=CCC(CNC(=O)C(N)CCCCN)C=C1. The molecule has 0 radical (unpaired) electrons. The molecule has 4 nitrogen and oxygen atoms in total. The molecule has 1 amide bonds. The summed E-state index contributed by atoms with van der Waals surface area (Å²) < 4.78 is 0. The van der Waals surface area contributed by atoms with E-state index >= 15 is 0 Å². The zero-order chi connectivity index (χ0) is 14.1. The minimum Gasteiger partial charge on any atom is -0.354 e. The number of allylic oxidation sites excluding steroid dienone is 3. The van der Waals surface area contributed by atoms with Gasteiger partial charge in [0, 0.05) is 6.54 Å². The molecule has 0 fully saturated rings. The number of amides is 1. The van der Waals surface area contributed by atoms with Crippen LogP contribution in [-0.4, -0.2) is 25.0 Å². The van der Waals surface area contributed by atoms with Crippen molar-refractivity contribution in [2.75, 3.05) is 13.1 Å². The highest BCUT2D eigenvalue weighted by Gasteiger charge is 2.14. The Morgan fingerprint density at radius 3 is 2.89 bits per heavy atom. The summed E-state index contributed by atoms with van der Waals surface area (Å²) in [5, 5.41) is 2.94. The van der Waals surface area contributed by atoms with Crippen molar-refractivity contribution in [3.63, 3.8) is 0 Å². The molecule has 4 heteroatoms. The van der Waals surface area contributed by atoms with Gasteiger partial charge < -0.3 is 16.8 Å². The first-order valence-electron chi connectivity index (χ1n) is 7.28. The maximum atomic E-state index is 11.8. The van der Waals surface area contributed by atoms with Crippen molar-refractivity contribution in [1.82, 2.24) is 5.32 Å². The van der Waals surface area contributed by atoms with Gasteiger partial charge in [0.15, 0.2) is 0 Å². The Labute approximate surface area is 116 Å². The summed E-state index contributed by atoms with van der Waals surface area (Å²) in [5.41, 5.74) is 12.6. The van der Waals surface area contributed by atoms with Crippen LogP contribution in [0, 0.1) is 5.92 Å². The van der Waals surface area contributed by atoms with Gasteiger partial charge in [-0.15, -0.1) is 0 Å². The minimum atomic E-state index is -0.402. The van der Waals surface area contributed by atoms with Gasteiger partial charge in [-0.1, -0.05) is 37.1 Å². The summed E-state index contributed by atoms with van der Waals surface area (Å²) in [7, 11) is 0. The Hall–Kier alpha value is -1.13. The van der Waals surface area contributed by atoms with Crippen molar-refractivity contribution in [3.8, 4) is 0 Å². The van der Waals surface area contributed by atoms with Crippen molar-refractivity contribution in [1.29, 1.82) is 0 Å². The van der Waals surface area contributed by atoms with E-state index in [4.69, 9.17) is 11.5 Å². The number of carbonyl (C=O) groups is 1. The van der Waals surface area contributed by atoms with E-state index in [1.807, 2.05) is 0 Å². The fraction of sp³-hybridized carbons (Fsp3) is 0.667. The summed E-state index contributed by atoms with van der Waals surface area (Å²) in [5.74, 6) is 0.353. The summed E-state index contributed by atoms with van der Waals surface area (Å²) in [6.07, 6.45) is 11.2. The molecule has 5 N–H and O–H groups in total. The van der Waals surface area contributed by atoms with E-state index < -0.39 is 6.04 Å². The maximum absolute atomic E-state index is 11.8. The van der Waals surface area contributed by atoms with Gasteiger partial charge in [-0.25, -0.2) is 0 Å². The van der Waals surface area contributed by atoms with Gasteiger partial charge in [0.25, 0.3) is 0 Å². The summed E-state index contributed by atoms with van der Waals surface area (Å²) >= 11 is 0. The summed E-state index contributed by atoms with van der Waals surface area (Å²) in [6.45, 7) is 3.49. The Morgan fingerprint density at radius 1 is 1.53 bits per heavy atom. The summed E-state index contributed by atoms with van der Waals surface area (Å²) in [6, 6.07) is -0.402. The Bertz CT molecular complexity index is 336. The Kier molecular flexibility index (Phi) is 7.45. The predicted molar refractivity (Wildman–Crippen MR) is 79.5 cm³/mol. The predicted octanol–water partition coefficient (Wildman–Crippen LogP) is 1.47. The lowest BCUT2D eigenvalue weighted by Gasteiger charge is -2.18. The number of rotatable bonds is 8. The van der Waals surface area contributed by atoms with Crippen LogP contribution in [0.1, 0.15) is 39.0 Å². The first kappa shape index (κ1) is 15.9. The van der Waals surface area contributed by atoms with Crippen LogP contribution in [0.3, 0.4) is 0 Å². The van der Waals surface area contributed by atoms with Crippen LogP contribution >= 0.6 is 0 Å². The first-order valence-corrected chi connectivity index (χ1v) is 7.28. The van der Waals surface area contributed by atoms with Crippen molar-refractivity contribution in [2.24, 2.45) is 17.4 Å². The Balaban J connectivity index is 2.20. The molecule has 0 bridgehead atoms. The smallest absolute Gasteiger partial charge is 0.236 e. The zero-order valence-electron chi connectivity index (χ0n) is 11.9. The molecular weight excluding hydrogens is 238 g/mol. The van der Waals surface area contributed by atoms with E-state index in [1.54, 1.807) is 0 Å². The largest absolute Gasteiger partial charge is 0.354 e. The van der Waals surface area contributed by atoms with Crippen LogP contribution in [0.15, 0.2) is 23.8 Å². The molecule has 0 aliphatic heterocycles. The van der Waals surface area contributed by atoms with E-state index in [9.17, 15) is 4.79 Å². The van der Waals surface area contributed by atoms with Crippen LogP contribution < -0.4 is 16.8 Å². The van der Waals surface area contributed by atoms with Crippen LogP contribution in [0.2, 0.25) is 0 Å². The average molecular weight is 265 g/mol. The van der Waals surface area contributed by atoms with E-state index in [2.05, 4.69) is 30.5 Å². The number of unbranched alkanes of at least 4 members (excludes halogenated alkanes) is 1. The highest BCUT2D eigenvalue weighted by atomic mass is 16.2. The zero-order valence-corrected chi connectivity index (χ0v) is 11.9. The number of carbonyl (C=O) groups excluding carboxylic acids is 1. The molecule has 0 spiro atoms. The third kappa shape index (κ3) is 6.03. The lowest BCUT2D eigenvalue weighted by molar-refractivity contribution is -0.122. The van der Waals surface area contributed by atoms with Crippen molar-refractivity contribution in [3.05, 3.63) is 23.8 Å². The number of nitrogens with one attached hydrogen (secondary N) is 1. The standard InChI is InChI=1S/C15H27N3O/c1-2-12-6-8-13(9-7-12)11-18-15(19)14(17)5-3-4-10-16/h6-8,13-14H,2-5,9-11,16-17H2,1H3,(H,18,19). The minimum absolute atomic E-state index is 0.0457. The molecule has 0 aromatic carbocycles. The Morgan fingerprint density at radius 2 is 2.32 bits per heavy atom. The van der Waals surface area contributed by atoms with Gasteiger partial charge in [-0.05, 0) is 38.1 Å². The second-order valence-corrected chi connectivity index (χ2v) is 5.12. The third-order valence-electron chi connectivity index (χ3n) is 3.52. The molecule has 1 aliphatic rings. The molecule has 0 heterocycles. The fourth-order valence-corrected chi connectivity index (χ4v) is 2.13. The number of hydrogen-bond donors (Lipinski definition) is 3. The molecule has 0 aromatic rings. The topological polar surface area (TPSA) is 81.1 Å². The van der Waals surface area contributed by atoms with E-state index in [1.165, 1.54) is 5.57 Å². The highest BCUT2D eigenvalue weighted by Crippen LogP contribution is 2.17. The molecule has 2 unspecified atom stereocenters. The second-order valence-electron chi connectivity index (χ2n) is 5.12. The molecule has 108 valence electrons. The highest BCUT2D eigenvalue weighted by molar-refractivity contribution is 5.81. The molecule has 1 rings (SSSR count). The maximum Gasteiger partial charge on any atom is 0.236 e. The fourth-order valence-electron chi connectivity index (χ4n) is 2.13. The van der Waals surface area contributed by atoms with Gasteiger partial charge >= 0.3 is 0 Å². The second kappa shape index (κ2) is 8.88. The van der Waals surface area contributed by atoms with E-state index in [0.29, 0.717) is 25.4 Å². The molecule has 2 atom stereocenters. The third-order valence-corrected chi connectivity index (χ3v) is 3.52. The molecule has 0 aromatic heterocycles. The van der Waals surface area contributed by atoms with Gasteiger partial charge in [0.2, 0.25) is 5.91 Å². The number of nitrogens with two attached hydrogens (primary N) is 2. The lowest BCUT2D eigenvalue weighted by atomic mass is 9.95. The monoisotopic (exact) mass is 265 g/mol. The van der Waals surface area contributed by atoms with Gasteiger partial charge in [0.05, 0.1) is 6.04 Å². The van der Waals surface area contributed by atoms with Gasteiger partial charge in [-0.3, -0.25) is 4.79 Å². The lowest BCUT2D eigenvalue weighted by Crippen LogP contribution is -2.42. The normalized spacial score (nSPS) is 19.9. The molecule has 0 saturated carbocycles. The van der Waals surface area contributed by atoms with Crippen LogP contribution in [0.25, 0.3) is 0 Å². The quantitative estimate of drug-likeness (QED) is 0.581. The van der Waals surface area contributed by atoms with Crippen molar-refractivity contribution in [2.45, 2.75) is 45.1 Å². The molecule has 19 heavy (non-hydrogen) atoms. The van der Waals surface area contributed by atoms with Gasteiger partial charge in [-0.2, -0.15) is 0 Å². The molecule has 0 saturated heterocycles. The van der Waals surface area contributed by atoms with Crippen LogP contribution in [0.5, 0.6) is 0 Å². The average Bonchev–Trinajstić information content (AvgIpc) is 2.45. The van der Waals surface area contributed by atoms with Crippen LogP contribution in [0.4, 0.5) is 0 Å². The van der Waals surface area contributed by atoms with Gasteiger partial charge in [0.1, 0.15) is 0 Å². The number of hydrogen-bond acceptors (Lipinski definition) is 3. The van der Waals surface area contributed by atoms with Crippen LogP contribution in [-0.2, 0) is 4.79 Å². The first-order chi connectivity index (χ1) is 9.17. The van der Waals surface area contributed by atoms with E-state index in [-0.39, 0.29) is 5.91 Å². The summed E-state index contributed by atoms with van der Waals surface area (Å²) in [4.78, 5) is 11.8. The van der Waals surface area contributed by atoms with Crippen molar-refractivity contribution >= 4 is 5.91 Å². The molecular formula is C15H27N3O. The van der Waals surface area contributed by atoms with E-state index in [0.717, 1.165) is 25.7 Å².